The fourth-order valence-corrected chi connectivity index (χ4v) is 1.68. The molecular formula is C13H15N3O3. The molecule has 0 fully saturated rings. The summed E-state index contributed by atoms with van der Waals surface area (Å²) in [6, 6.07) is 6.76. The molecule has 2 aromatic rings. The third-order valence-electron chi connectivity index (χ3n) is 2.50. The van der Waals surface area contributed by atoms with Crippen molar-refractivity contribution in [2.24, 2.45) is 10.8 Å². The quantitative estimate of drug-likeness (QED) is 0.653. The Kier molecular flexibility index (Phi) is 3.70. The number of carbonyl (C=O) groups excluding carboxylic acids is 1. The van der Waals surface area contributed by atoms with Crippen LogP contribution in [0.25, 0.3) is 11.0 Å². The van der Waals surface area contributed by atoms with Gasteiger partial charge in [0.2, 0.25) is 0 Å². The molecule has 0 aliphatic carbocycles. The molecule has 19 heavy (non-hydrogen) atoms. The number of nitrogens with zero attached hydrogens (tertiary/aromatic N) is 1. The first kappa shape index (κ1) is 12.9. The predicted molar refractivity (Wildman–Crippen MR) is 72.3 cm³/mol. The van der Waals surface area contributed by atoms with Crippen molar-refractivity contribution in [2.45, 2.75) is 13.8 Å². The second kappa shape index (κ2) is 5.43. The molecule has 1 aromatic heterocycles. The topological polar surface area (TPSA) is 89.9 Å². The Hall–Kier alpha value is -2.50. The zero-order valence-corrected chi connectivity index (χ0v) is 10.8. The monoisotopic (exact) mass is 261 g/mol. The molecule has 6 nitrogen and oxygen atoms in total. The smallest absolute Gasteiger partial charge is 0.332 e. The Bertz CT molecular complexity index is 631. The van der Waals surface area contributed by atoms with E-state index in [1.807, 2.05) is 31.2 Å². The second-order valence-corrected chi connectivity index (χ2v) is 3.89. The fraction of sp³-hybridized carbons (Fsp3) is 0.231. The van der Waals surface area contributed by atoms with Crippen molar-refractivity contribution in [1.29, 1.82) is 0 Å². The second-order valence-electron chi connectivity index (χ2n) is 3.89. The van der Waals surface area contributed by atoms with Crippen molar-refractivity contribution >= 4 is 22.7 Å². The van der Waals surface area contributed by atoms with Gasteiger partial charge in [-0.25, -0.2) is 10.2 Å². The molecule has 0 atom stereocenters. The van der Waals surface area contributed by atoms with Crippen molar-refractivity contribution in [2.75, 3.05) is 6.61 Å². The largest absolute Gasteiger partial charge is 0.490 e. The summed E-state index contributed by atoms with van der Waals surface area (Å²) in [5.74, 6) is 1.23. The van der Waals surface area contributed by atoms with Crippen molar-refractivity contribution in [1.82, 2.24) is 5.43 Å². The van der Waals surface area contributed by atoms with Gasteiger partial charge < -0.3 is 14.9 Å². The Labute approximate surface area is 110 Å². The highest BCUT2D eigenvalue weighted by molar-refractivity contribution is 6.00. The Morgan fingerprint density at radius 1 is 1.53 bits per heavy atom. The lowest BCUT2D eigenvalue weighted by atomic mass is 10.2. The predicted octanol–water partition coefficient (Wildman–Crippen LogP) is 2.22. The van der Waals surface area contributed by atoms with Gasteiger partial charge in [0.25, 0.3) is 0 Å². The Morgan fingerprint density at radius 2 is 2.32 bits per heavy atom. The van der Waals surface area contributed by atoms with Crippen LogP contribution in [0.4, 0.5) is 4.79 Å². The first-order valence-corrected chi connectivity index (χ1v) is 5.87. The number of fused-ring (bicyclic) bond motifs is 1. The number of nitrogens with one attached hydrogen (secondary N) is 1. The molecule has 0 radical (unpaired) electrons. The van der Waals surface area contributed by atoms with E-state index in [1.54, 1.807) is 6.92 Å². The summed E-state index contributed by atoms with van der Waals surface area (Å²) in [6.07, 6.45) is 0. The van der Waals surface area contributed by atoms with Gasteiger partial charge in [-0.05, 0) is 26.0 Å². The molecule has 0 aliphatic heterocycles. The number of urea groups is 1. The van der Waals surface area contributed by atoms with Crippen LogP contribution in [0.15, 0.2) is 33.8 Å². The normalized spacial score (nSPS) is 11.6. The van der Waals surface area contributed by atoms with Crippen LogP contribution in [-0.2, 0) is 0 Å². The minimum absolute atomic E-state index is 0.525. The number of benzene rings is 1. The molecule has 100 valence electrons. The van der Waals surface area contributed by atoms with Gasteiger partial charge in [0.15, 0.2) is 17.1 Å². The summed E-state index contributed by atoms with van der Waals surface area (Å²) in [4.78, 5) is 10.6. The average molecular weight is 261 g/mol. The van der Waals surface area contributed by atoms with Crippen LogP contribution in [-0.4, -0.2) is 18.3 Å². The molecule has 0 saturated carbocycles. The molecule has 0 saturated heterocycles. The number of rotatable bonds is 4. The van der Waals surface area contributed by atoms with Gasteiger partial charge >= 0.3 is 6.03 Å². The van der Waals surface area contributed by atoms with Crippen molar-refractivity contribution < 1.29 is 13.9 Å². The van der Waals surface area contributed by atoms with Crippen LogP contribution < -0.4 is 15.9 Å². The third kappa shape index (κ3) is 2.85. The maximum atomic E-state index is 10.6. The minimum Gasteiger partial charge on any atom is -0.490 e. The zero-order valence-electron chi connectivity index (χ0n) is 10.8. The van der Waals surface area contributed by atoms with E-state index >= 15 is 0 Å². The van der Waals surface area contributed by atoms with Crippen LogP contribution in [0.2, 0.25) is 0 Å². The molecule has 0 bridgehead atoms. The van der Waals surface area contributed by atoms with E-state index in [-0.39, 0.29) is 0 Å². The molecule has 1 heterocycles. The number of amides is 2. The van der Waals surface area contributed by atoms with Gasteiger partial charge in [-0.3, -0.25) is 0 Å². The average Bonchev–Trinajstić information content (AvgIpc) is 2.81. The lowest BCUT2D eigenvalue weighted by molar-refractivity contribution is 0.249. The van der Waals surface area contributed by atoms with Crippen molar-refractivity contribution in [3.63, 3.8) is 0 Å². The number of hydrazone groups is 1. The zero-order chi connectivity index (χ0) is 13.8. The van der Waals surface area contributed by atoms with E-state index in [9.17, 15) is 4.79 Å². The molecule has 6 heteroatoms. The van der Waals surface area contributed by atoms with Gasteiger partial charge in [0, 0.05) is 5.39 Å². The molecule has 2 rings (SSSR count). The number of primary amides is 1. The number of furan rings is 1. The van der Waals surface area contributed by atoms with Crippen LogP contribution >= 0.6 is 0 Å². The molecule has 1 aromatic carbocycles. The Morgan fingerprint density at radius 3 is 3.00 bits per heavy atom. The molecular weight excluding hydrogens is 246 g/mol. The number of nitrogens with two attached hydrogens (primary N) is 1. The van der Waals surface area contributed by atoms with Gasteiger partial charge in [0.1, 0.15) is 5.71 Å². The van der Waals surface area contributed by atoms with Crippen LogP contribution in [0.3, 0.4) is 0 Å². The fourth-order valence-electron chi connectivity index (χ4n) is 1.68. The van der Waals surface area contributed by atoms with Crippen molar-refractivity contribution in [3.05, 3.63) is 30.0 Å². The van der Waals surface area contributed by atoms with Gasteiger partial charge in [-0.1, -0.05) is 12.1 Å². The van der Waals surface area contributed by atoms with Crippen LogP contribution in [0.1, 0.15) is 19.6 Å². The lowest BCUT2D eigenvalue weighted by Crippen LogP contribution is -2.25. The van der Waals surface area contributed by atoms with Gasteiger partial charge in [0.05, 0.1) is 6.61 Å². The molecule has 2 amide bonds. The first-order valence-electron chi connectivity index (χ1n) is 5.87. The standard InChI is InChI=1S/C13H15N3O3/c1-3-18-10-6-4-5-9-7-11(19-12(9)10)8(2)15-16-13(14)17/h4-7H,3H2,1-2H3,(H3,14,16,17)/b15-8-. The van der Waals surface area contributed by atoms with Gasteiger partial charge in [-0.15, -0.1) is 0 Å². The number of hydrogen-bond acceptors (Lipinski definition) is 4. The number of hydrogen-bond donors (Lipinski definition) is 2. The Balaban J connectivity index is 2.38. The highest BCUT2D eigenvalue weighted by Crippen LogP contribution is 2.28. The summed E-state index contributed by atoms with van der Waals surface area (Å²) in [5, 5.41) is 4.73. The minimum atomic E-state index is -0.717. The SMILES string of the molecule is CCOc1cccc2cc(/C(C)=N\NC(N)=O)oc12. The number of carbonyl (C=O) groups is 1. The van der Waals surface area contributed by atoms with E-state index in [0.717, 1.165) is 5.39 Å². The summed E-state index contributed by atoms with van der Waals surface area (Å²) < 4.78 is 11.2. The highest BCUT2D eigenvalue weighted by atomic mass is 16.5. The summed E-state index contributed by atoms with van der Waals surface area (Å²) >= 11 is 0. The van der Waals surface area contributed by atoms with E-state index in [0.29, 0.717) is 29.4 Å². The summed E-state index contributed by atoms with van der Waals surface area (Å²) in [7, 11) is 0. The van der Waals surface area contributed by atoms with Gasteiger partial charge in [-0.2, -0.15) is 5.10 Å². The molecule has 0 aliphatic rings. The van der Waals surface area contributed by atoms with Crippen LogP contribution in [0, 0.1) is 0 Å². The van der Waals surface area contributed by atoms with E-state index in [1.165, 1.54) is 0 Å². The first-order chi connectivity index (χ1) is 9.11. The van der Waals surface area contributed by atoms with E-state index in [4.69, 9.17) is 14.9 Å². The van der Waals surface area contributed by atoms with E-state index in [2.05, 4.69) is 10.5 Å². The molecule has 3 N–H and O–H groups in total. The van der Waals surface area contributed by atoms with Crippen LogP contribution in [0.5, 0.6) is 5.75 Å². The maximum Gasteiger partial charge on any atom is 0.332 e. The summed E-state index contributed by atoms with van der Waals surface area (Å²) in [6.45, 7) is 4.19. The molecule has 0 spiro atoms. The number of para-hydroxylation sites is 1. The molecule has 0 unspecified atom stereocenters. The highest BCUT2D eigenvalue weighted by Gasteiger charge is 2.11. The summed E-state index contributed by atoms with van der Waals surface area (Å²) in [5.41, 5.74) is 8.30. The maximum absolute atomic E-state index is 10.6. The third-order valence-corrected chi connectivity index (χ3v) is 2.50. The number of ether oxygens (including phenoxy) is 1. The van der Waals surface area contributed by atoms with E-state index < -0.39 is 6.03 Å². The van der Waals surface area contributed by atoms with Crippen molar-refractivity contribution in [3.8, 4) is 5.75 Å². The lowest BCUT2D eigenvalue weighted by Gasteiger charge is -2.02.